The van der Waals surface area contributed by atoms with Gasteiger partial charge in [-0.1, -0.05) is 37.7 Å². The van der Waals surface area contributed by atoms with Gasteiger partial charge in [-0.05, 0) is 59.7 Å². The molecule has 0 bridgehead atoms. The standard InChI is InChI=1S/C18H25N5OS/c1-12-8-13(2)10-22(9-12)17(24)11-25-18-19-20-21-23(18)16-7-5-6-14(3)15(16)4/h5-7,12-13H,8-11H2,1-4H3. The molecule has 1 aromatic heterocycles. The maximum Gasteiger partial charge on any atom is 0.233 e. The van der Waals surface area contributed by atoms with Gasteiger partial charge in [0.1, 0.15) is 0 Å². The molecule has 1 aromatic carbocycles. The minimum atomic E-state index is 0.166. The molecule has 0 saturated carbocycles. The van der Waals surface area contributed by atoms with E-state index >= 15 is 0 Å². The lowest BCUT2D eigenvalue weighted by Gasteiger charge is -2.34. The molecule has 3 rings (SSSR count). The average Bonchev–Trinajstić information content (AvgIpc) is 3.02. The van der Waals surface area contributed by atoms with E-state index in [0.29, 0.717) is 22.7 Å². The monoisotopic (exact) mass is 359 g/mol. The molecule has 0 aliphatic carbocycles. The number of nitrogens with zero attached hydrogens (tertiary/aromatic N) is 5. The second-order valence-electron chi connectivity index (χ2n) is 7.13. The van der Waals surface area contributed by atoms with Crippen LogP contribution in [0.5, 0.6) is 0 Å². The average molecular weight is 359 g/mol. The number of aromatic nitrogens is 4. The van der Waals surface area contributed by atoms with Crippen molar-refractivity contribution in [3.8, 4) is 5.69 Å². The van der Waals surface area contributed by atoms with Crippen molar-refractivity contribution >= 4 is 17.7 Å². The number of likely N-dealkylation sites (tertiary alicyclic amines) is 1. The molecule has 1 saturated heterocycles. The molecule has 2 aromatic rings. The molecule has 1 amide bonds. The van der Waals surface area contributed by atoms with Crippen molar-refractivity contribution in [2.45, 2.75) is 39.3 Å². The number of aryl methyl sites for hydroxylation is 1. The second kappa shape index (κ2) is 7.56. The number of tetrazole rings is 1. The van der Waals surface area contributed by atoms with Gasteiger partial charge in [0.15, 0.2) is 0 Å². The Balaban J connectivity index is 1.70. The first-order valence-electron chi connectivity index (χ1n) is 8.71. The topological polar surface area (TPSA) is 63.9 Å². The van der Waals surface area contributed by atoms with E-state index < -0.39 is 0 Å². The zero-order valence-electron chi connectivity index (χ0n) is 15.3. The zero-order valence-corrected chi connectivity index (χ0v) is 16.1. The van der Waals surface area contributed by atoms with E-state index in [4.69, 9.17) is 0 Å². The van der Waals surface area contributed by atoms with Crippen molar-refractivity contribution in [3.63, 3.8) is 0 Å². The number of rotatable bonds is 4. The van der Waals surface area contributed by atoms with E-state index in [1.807, 2.05) is 17.0 Å². The molecule has 0 radical (unpaired) electrons. The van der Waals surface area contributed by atoms with Crippen LogP contribution in [0.4, 0.5) is 0 Å². The molecule has 1 aliphatic rings. The number of benzene rings is 1. The fraction of sp³-hybridized carbons (Fsp3) is 0.556. The van der Waals surface area contributed by atoms with E-state index in [1.54, 1.807) is 4.68 Å². The molecule has 1 fully saturated rings. The number of piperidine rings is 1. The van der Waals surface area contributed by atoms with E-state index in [0.717, 1.165) is 24.3 Å². The molecule has 134 valence electrons. The molecule has 0 spiro atoms. The van der Waals surface area contributed by atoms with Gasteiger partial charge in [0.25, 0.3) is 0 Å². The predicted octanol–water partition coefficient (Wildman–Crippen LogP) is 2.88. The van der Waals surface area contributed by atoms with Crippen LogP contribution in [0.15, 0.2) is 23.4 Å². The molecular formula is C18H25N5OS. The zero-order chi connectivity index (χ0) is 18.0. The Morgan fingerprint density at radius 1 is 1.24 bits per heavy atom. The van der Waals surface area contributed by atoms with Crippen LogP contribution in [0.1, 0.15) is 31.4 Å². The fourth-order valence-corrected chi connectivity index (χ4v) is 4.26. The Morgan fingerprint density at radius 2 is 1.96 bits per heavy atom. The summed E-state index contributed by atoms with van der Waals surface area (Å²) >= 11 is 1.40. The van der Waals surface area contributed by atoms with Gasteiger partial charge < -0.3 is 4.90 Å². The fourth-order valence-electron chi connectivity index (χ4n) is 3.47. The summed E-state index contributed by atoms with van der Waals surface area (Å²) in [6.07, 6.45) is 1.20. The van der Waals surface area contributed by atoms with Gasteiger partial charge in [0, 0.05) is 13.1 Å². The van der Waals surface area contributed by atoms with E-state index in [-0.39, 0.29) is 5.91 Å². The maximum absolute atomic E-state index is 12.6. The van der Waals surface area contributed by atoms with Crippen LogP contribution >= 0.6 is 11.8 Å². The number of hydrogen-bond donors (Lipinski definition) is 0. The SMILES string of the molecule is Cc1cccc(-n2nnnc2SCC(=O)N2CC(C)CC(C)C2)c1C. The highest BCUT2D eigenvalue weighted by Gasteiger charge is 2.25. The number of hydrogen-bond acceptors (Lipinski definition) is 5. The Kier molecular flexibility index (Phi) is 5.42. The van der Waals surface area contributed by atoms with Gasteiger partial charge in [-0.2, -0.15) is 4.68 Å². The molecule has 6 nitrogen and oxygen atoms in total. The first kappa shape index (κ1) is 17.9. The summed E-state index contributed by atoms with van der Waals surface area (Å²) in [6, 6.07) is 6.06. The number of amides is 1. The summed E-state index contributed by atoms with van der Waals surface area (Å²) in [4.78, 5) is 14.6. The van der Waals surface area contributed by atoms with Gasteiger partial charge in [-0.3, -0.25) is 4.79 Å². The minimum Gasteiger partial charge on any atom is -0.341 e. The van der Waals surface area contributed by atoms with Crippen molar-refractivity contribution in [2.24, 2.45) is 11.8 Å². The van der Waals surface area contributed by atoms with Crippen LogP contribution < -0.4 is 0 Å². The molecule has 25 heavy (non-hydrogen) atoms. The van der Waals surface area contributed by atoms with Gasteiger partial charge in [0.2, 0.25) is 11.1 Å². The normalized spacial score (nSPS) is 20.7. The molecule has 2 heterocycles. The minimum absolute atomic E-state index is 0.166. The Morgan fingerprint density at radius 3 is 2.68 bits per heavy atom. The summed E-state index contributed by atoms with van der Waals surface area (Å²) in [5.74, 6) is 1.67. The first-order valence-corrected chi connectivity index (χ1v) is 9.69. The molecule has 1 aliphatic heterocycles. The van der Waals surface area contributed by atoms with Crippen LogP contribution in [-0.4, -0.2) is 49.9 Å². The van der Waals surface area contributed by atoms with E-state index in [9.17, 15) is 4.79 Å². The van der Waals surface area contributed by atoms with Gasteiger partial charge in [0.05, 0.1) is 11.4 Å². The highest BCUT2D eigenvalue weighted by Crippen LogP contribution is 2.25. The van der Waals surface area contributed by atoms with Crippen molar-refractivity contribution in [1.29, 1.82) is 0 Å². The third-order valence-electron chi connectivity index (χ3n) is 4.79. The lowest BCUT2D eigenvalue weighted by molar-refractivity contribution is -0.130. The Labute approximate surface area is 153 Å². The van der Waals surface area contributed by atoms with E-state index in [1.165, 1.54) is 23.7 Å². The van der Waals surface area contributed by atoms with Crippen molar-refractivity contribution < 1.29 is 4.79 Å². The summed E-state index contributed by atoms with van der Waals surface area (Å²) in [5.41, 5.74) is 3.29. The summed E-state index contributed by atoms with van der Waals surface area (Å²) in [6.45, 7) is 10.3. The number of thioether (sulfide) groups is 1. The highest BCUT2D eigenvalue weighted by atomic mass is 32.2. The summed E-state index contributed by atoms with van der Waals surface area (Å²) in [5, 5.41) is 12.7. The van der Waals surface area contributed by atoms with Crippen LogP contribution in [0.3, 0.4) is 0 Å². The van der Waals surface area contributed by atoms with Crippen LogP contribution in [0, 0.1) is 25.7 Å². The van der Waals surface area contributed by atoms with Crippen molar-refractivity contribution in [1.82, 2.24) is 25.1 Å². The van der Waals surface area contributed by atoms with Crippen molar-refractivity contribution in [3.05, 3.63) is 29.3 Å². The number of carbonyl (C=O) groups is 1. The molecular weight excluding hydrogens is 334 g/mol. The quantitative estimate of drug-likeness (QED) is 0.786. The Hall–Kier alpha value is -1.89. The molecule has 7 heteroatoms. The second-order valence-corrected chi connectivity index (χ2v) is 8.07. The van der Waals surface area contributed by atoms with Gasteiger partial charge in [-0.15, -0.1) is 5.10 Å². The molecule has 0 N–H and O–H groups in total. The van der Waals surface area contributed by atoms with Crippen LogP contribution in [-0.2, 0) is 4.79 Å². The lowest BCUT2D eigenvalue weighted by atomic mass is 9.92. The van der Waals surface area contributed by atoms with Gasteiger partial charge in [-0.25, -0.2) is 0 Å². The van der Waals surface area contributed by atoms with Crippen LogP contribution in [0.2, 0.25) is 0 Å². The van der Waals surface area contributed by atoms with Gasteiger partial charge >= 0.3 is 0 Å². The lowest BCUT2D eigenvalue weighted by Crippen LogP contribution is -2.43. The molecule has 2 atom stereocenters. The predicted molar refractivity (Wildman–Crippen MR) is 98.9 cm³/mol. The summed E-state index contributed by atoms with van der Waals surface area (Å²) in [7, 11) is 0. The Bertz CT molecular complexity index is 750. The van der Waals surface area contributed by atoms with E-state index in [2.05, 4.69) is 49.3 Å². The third kappa shape index (κ3) is 4.03. The van der Waals surface area contributed by atoms with Crippen LogP contribution in [0.25, 0.3) is 5.69 Å². The third-order valence-corrected chi connectivity index (χ3v) is 5.70. The van der Waals surface area contributed by atoms with Crippen molar-refractivity contribution in [2.75, 3.05) is 18.8 Å². The largest absolute Gasteiger partial charge is 0.341 e. The molecule has 2 unspecified atom stereocenters. The highest BCUT2D eigenvalue weighted by molar-refractivity contribution is 7.99. The smallest absolute Gasteiger partial charge is 0.233 e. The first-order chi connectivity index (χ1) is 12.0. The number of carbonyl (C=O) groups excluding carboxylic acids is 1. The summed E-state index contributed by atoms with van der Waals surface area (Å²) < 4.78 is 1.72. The maximum atomic E-state index is 12.6.